The number of nitrogens with one attached hydrogen (secondary N) is 1. The topological polar surface area (TPSA) is 34.1 Å². The highest BCUT2D eigenvalue weighted by molar-refractivity contribution is 5.47. The molecule has 0 amide bonds. The number of hydrogen-bond acceptors (Lipinski definition) is 3. The number of rotatable bonds is 4. The fourth-order valence-corrected chi connectivity index (χ4v) is 1.38. The summed E-state index contributed by atoms with van der Waals surface area (Å²) in [5.74, 6) is 0.845. The maximum Gasteiger partial charge on any atom is 0.130 e. The largest absolute Gasteiger partial charge is 0.487 e. The number of aromatic nitrogens is 1. The minimum atomic E-state index is 0.494. The van der Waals surface area contributed by atoms with Gasteiger partial charge in [-0.3, -0.25) is 4.98 Å². The average molecular weight is 214 g/mol. The second-order valence-electron chi connectivity index (χ2n) is 3.39. The molecule has 2 rings (SSSR count). The number of nitrogens with zero attached hydrogens (tertiary/aromatic N) is 1. The molecule has 1 heterocycles. The molecule has 82 valence electrons. The van der Waals surface area contributed by atoms with Crippen molar-refractivity contribution in [3.8, 4) is 5.75 Å². The Labute approximate surface area is 95.1 Å². The molecule has 1 aromatic heterocycles. The van der Waals surface area contributed by atoms with Crippen LogP contribution in [0.3, 0.4) is 0 Å². The van der Waals surface area contributed by atoms with E-state index in [1.165, 1.54) is 0 Å². The molecule has 0 saturated heterocycles. The molecule has 0 fully saturated rings. The lowest BCUT2D eigenvalue weighted by Crippen LogP contribution is -1.98. The summed E-state index contributed by atoms with van der Waals surface area (Å²) in [6.07, 6.45) is 1.77. The van der Waals surface area contributed by atoms with Crippen molar-refractivity contribution in [2.24, 2.45) is 0 Å². The summed E-state index contributed by atoms with van der Waals surface area (Å²) in [6, 6.07) is 13.6. The molecule has 3 nitrogen and oxygen atoms in total. The second kappa shape index (κ2) is 5.16. The van der Waals surface area contributed by atoms with Gasteiger partial charge in [-0.25, -0.2) is 0 Å². The van der Waals surface area contributed by atoms with Gasteiger partial charge < -0.3 is 10.1 Å². The molecule has 0 unspecified atom stereocenters. The van der Waals surface area contributed by atoms with Crippen LogP contribution < -0.4 is 10.1 Å². The van der Waals surface area contributed by atoms with E-state index in [2.05, 4.69) is 10.3 Å². The summed E-state index contributed by atoms with van der Waals surface area (Å²) >= 11 is 0. The molecule has 2 aromatic rings. The van der Waals surface area contributed by atoms with E-state index in [4.69, 9.17) is 4.74 Å². The fraction of sp³-hybridized carbons (Fsp3) is 0.154. The second-order valence-corrected chi connectivity index (χ2v) is 3.39. The van der Waals surface area contributed by atoms with E-state index in [1.54, 1.807) is 6.20 Å². The highest BCUT2D eigenvalue weighted by Gasteiger charge is 1.97. The van der Waals surface area contributed by atoms with E-state index < -0.39 is 0 Å². The first kappa shape index (κ1) is 10.5. The molecule has 0 aliphatic rings. The molecule has 0 atom stereocenters. The van der Waals surface area contributed by atoms with Gasteiger partial charge >= 0.3 is 0 Å². The molecule has 0 aliphatic heterocycles. The average Bonchev–Trinajstić information content (AvgIpc) is 2.38. The molecule has 1 aromatic carbocycles. The van der Waals surface area contributed by atoms with Crippen molar-refractivity contribution in [2.75, 3.05) is 12.4 Å². The first-order valence-corrected chi connectivity index (χ1v) is 5.19. The van der Waals surface area contributed by atoms with E-state index >= 15 is 0 Å². The quantitative estimate of drug-likeness (QED) is 0.849. The van der Waals surface area contributed by atoms with Gasteiger partial charge in [0.25, 0.3) is 0 Å². The zero-order valence-corrected chi connectivity index (χ0v) is 9.18. The van der Waals surface area contributed by atoms with Gasteiger partial charge in [0.2, 0.25) is 0 Å². The van der Waals surface area contributed by atoms with Crippen LogP contribution in [-0.4, -0.2) is 12.0 Å². The minimum absolute atomic E-state index is 0.494. The summed E-state index contributed by atoms with van der Waals surface area (Å²) in [6.45, 7) is 0.494. The van der Waals surface area contributed by atoms with Gasteiger partial charge in [0.05, 0.1) is 5.69 Å². The first-order valence-electron chi connectivity index (χ1n) is 5.19. The zero-order chi connectivity index (χ0) is 11.2. The third kappa shape index (κ3) is 2.73. The Bertz CT molecular complexity index is 443. The number of hydrogen-bond donors (Lipinski definition) is 1. The van der Waals surface area contributed by atoms with E-state index in [0.717, 1.165) is 17.1 Å². The van der Waals surface area contributed by atoms with Crippen LogP contribution in [0.5, 0.6) is 5.75 Å². The number of pyridine rings is 1. The highest BCUT2D eigenvalue weighted by atomic mass is 16.5. The van der Waals surface area contributed by atoms with Crippen molar-refractivity contribution in [2.45, 2.75) is 6.61 Å². The van der Waals surface area contributed by atoms with Gasteiger partial charge in [-0.2, -0.15) is 0 Å². The minimum Gasteiger partial charge on any atom is -0.487 e. The Balaban J connectivity index is 1.99. The molecular formula is C13H14N2O. The van der Waals surface area contributed by atoms with Crippen molar-refractivity contribution in [3.63, 3.8) is 0 Å². The molecule has 0 aliphatic carbocycles. The van der Waals surface area contributed by atoms with Crippen LogP contribution in [0.4, 0.5) is 5.69 Å². The van der Waals surface area contributed by atoms with Crippen molar-refractivity contribution < 1.29 is 4.74 Å². The smallest absolute Gasteiger partial charge is 0.130 e. The Morgan fingerprint density at radius 1 is 1.19 bits per heavy atom. The Morgan fingerprint density at radius 2 is 2.12 bits per heavy atom. The molecule has 1 N–H and O–H groups in total. The van der Waals surface area contributed by atoms with Gasteiger partial charge in [0, 0.05) is 25.0 Å². The third-order valence-corrected chi connectivity index (χ3v) is 2.24. The van der Waals surface area contributed by atoms with E-state index in [9.17, 15) is 0 Å². The molecule has 0 spiro atoms. The summed E-state index contributed by atoms with van der Waals surface area (Å²) in [5.41, 5.74) is 1.97. The summed E-state index contributed by atoms with van der Waals surface area (Å²) < 4.78 is 5.63. The molecule has 0 saturated carbocycles. The van der Waals surface area contributed by atoms with Crippen LogP contribution >= 0.6 is 0 Å². The van der Waals surface area contributed by atoms with Crippen LogP contribution in [0.15, 0.2) is 48.7 Å². The van der Waals surface area contributed by atoms with Crippen molar-refractivity contribution >= 4 is 5.69 Å². The maximum absolute atomic E-state index is 5.63. The van der Waals surface area contributed by atoms with Crippen LogP contribution in [-0.2, 0) is 6.61 Å². The fourth-order valence-electron chi connectivity index (χ4n) is 1.38. The van der Waals surface area contributed by atoms with Crippen molar-refractivity contribution in [3.05, 3.63) is 54.4 Å². The van der Waals surface area contributed by atoms with Crippen LogP contribution in [0.1, 0.15) is 5.69 Å². The standard InChI is InChI=1S/C13H14N2O/c1-14-11-6-4-7-13(9-11)16-10-12-5-2-3-8-15-12/h2-9,14H,10H2,1H3. The van der Waals surface area contributed by atoms with Gasteiger partial charge in [0.15, 0.2) is 0 Å². The number of anilines is 1. The van der Waals surface area contributed by atoms with Gasteiger partial charge in [-0.1, -0.05) is 12.1 Å². The van der Waals surface area contributed by atoms with Crippen LogP contribution in [0.25, 0.3) is 0 Å². The maximum atomic E-state index is 5.63. The van der Waals surface area contributed by atoms with Gasteiger partial charge in [0.1, 0.15) is 12.4 Å². The lowest BCUT2D eigenvalue weighted by Gasteiger charge is -2.07. The number of benzene rings is 1. The third-order valence-electron chi connectivity index (χ3n) is 2.24. The molecule has 16 heavy (non-hydrogen) atoms. The summed E-state index contributed by atoms with van der Waals surface area (Å²) in [4.78, 5) is 4.20. The molecule has 0 bridgehead atoms. The normalized spacial score (nSPS) is 9.81. The first-order chi connectivity index (χ1) is 7.88. The molecule has 0 radical (unpaired) electrons. The van der Waals surface area contributed by atoms with Crippen molar-refractivity contribution in [1.29, 1.82) is 0 Å². The van der Waals surface area contributed by atoms with Crippen molar-refractivity contribution in [1.82, 2.24) is 4.98 Å². The number of ether oxygens (including phenoxy) is 1. The summed E-state index contributed by atoms with van der Waals surface area (Å²) in [5, 5.41) is 3.07. The van der Waals surface area contributed by atoms with E-state index in [1.807, 2.05) is 49.5 Å². The lowest BCUT2D eigenvalue weighted by molar-refractivity contribution is 0.301. The van der Waals surface area contributed by atoms with Crippen LogP contribution in [0.2, 0.25) is 0 Å². The SMILES string of the molecule is CNc1cccc(OCc2ccccn2)c1. The monoisotopic (exact) mass is 214 g/mol. The predicted octanol–water partition coefficient (Wildman–Crippen LogP) is 2.70. The summed E-state index contributed by atoms with van der Waals surface area (Å²) in [7, 11) is 1.89. The highest BCUT2D eigenvalue weighted by Crippen LogP contribution is 2.17. The van der Waals surface area contributed by atoms with E-state index in [-0.39, 0.29) is 0 Å². The predicted molar refractivity (Wildman–Crippen MR) is 64.6 cm³/mol. The Hall–Kier alpha value is -2.03. The van der Waals surface area contributed by atoms with Gasteiger partial charge in [-0.05, 0) is 24.3 Å². The Morgan fingerprint density at radius 3 is 2.88 bits per heavy atom. The Kier molecular flexibility index (Phi) is 3.38. The van der Waals surface area contributed by atoms with Gasteiger partial charge in [-0.15, -0.1) is 0 Å². The zero-order valence-electron chi connectivity index (χ0n) is 9.18. The molecule has 3 heteroatoms. The van der Waals surface area contributed by atoms with E-state index in [0.29, 0.717) is 6.61 Å². The lowest BCUT2D eigenvalue weighted by atomic mass is 10.3. The molecular weight excluding hydrogens is 200 g/mol. The van der Waals surface area contributed by atoms with Crippen LogP contribution in [0, 0.1) is 0 Å².